The molecule has 1 heterocycles. The number of unbranched alkanes of at least 4 members (excludes halogenated alkanes) is 3. The summed E-state index contributed by atoms with van der Waals surface area (Å²) in [6.45, 7) is 10.1. The molecule has 0 aromatic carbocycles. The van der Waals surface area contributed by atoms with Gasteiger partial charge < -0.3 is 14.7 Å². The van der Waals surface area contributed by atoms with Crippen LogP contribution >= 0.6 is 0 Å². The Labute approximate surface area is 138 Å². The molecule has 0 saturated heterocycles. The smallest absolute Gasteiger partial charge is 0.245 e. The van der Waals surface area contributed by atoms with Crippen LogP contribution in [-0.4, -0.2) is 35.0 Å². The average molecular weight is 323 g/mol. The highest BCUT2D eigenvalue weighted by Gasteiger charge is 2.28. The Kier molecular flexibility index (Phi) is 7.26. The van der Waals surface area contributed by atoms with Crippen molar-refractivity contribution >= 4 is 17.6 Å². The standard InChI is InChI=1S/C17H29N3O3/c1-6-7-8-9-10-20(16(22)17(3,4)5)12-15(21)18-14-11-13(2)23-19-14/h11H,6-10,12H2,1-5H3,(H,18,19,21). The lowest BCUT2D eigenvalue weighted by Gasteiger charge is -2.29. The van der Waals surface area contributed by atoms with Crippen molar-refractivity contribution in [3.63, 3.8) is 0 Å². The van der Waals surface area contributed by atoms with Gasteiger partial charge in [-0.2, -0.15) is 0 Å². The molecule has 0 saturated carbocycles. The Balaban J connectivity index is 2.63. The quantitative estimate of drug-likeness (QED) is 0.744. The van der Waals surface area contributed by atoms with Crippen LogP contribution in [0.25, 0.3) is 0 Å². The molecule has 1 aromatic heterocycles. The van der Waals surface area contributed by atoms with Gasteiger partial charge in [-0.05, 0) is 13.3 Å². The van der Waals surface area contributed by atoms with E-state index in [4.69, 9.17) is 4.52 Å². The Morgan fingerprint density at radius 2 is 1.96 bits per heavy atom. The number of hydrogen-bond acceptors (Lipinski definition) is 4. The molecular weight excluding hydrogens is 294 g/mol. The predicted octanol–water partition coefficient (Wildman–Crippen LogP) is 3.38. The Bertz CT molecular complexity index is 517. The second-order valence-corrected chi connectivity index (χ2v) is 6.91. The number of carbonyl (C=O) groups excluding carboxylic acids is 2. The average Bonchev–Trinajstić information content (AvgIpc) is 2.85. The van der Waals surface area contributed by atoms with Crippen LogP contribution in [-0.2, 0) is 9.59 Å². The number of aromatic nitrogens is 1. The molecule has 0 aliphatic heterocycles. The third kappa shape index (κ3) is 6.84. The van der Waals surface area contributed by atoms with Crippen molar-refractivity contribution in [1.82, 2.24) is 10.1 Å². The monoisotopic (exact) mass is 323 g/mol. The largest absolute Gasteiger partial charge is 0.360 e. The minimum atomic E-state index is -0.504. The van der Waals surface area contributed by atoms with E-state index in [2.05, 4.69) is 17.4 Å². The zero-order valence-electron chi connectivity index (χ0n) is 14.9. The fourth-order valence-electron chi connectivity index (χ4n) is 2.24. The molecule has 1 aromatic rings. The van der Waals surface area contributed by atoms with E-state index < -0.39 is 5.41 Å². The van der Waals surface area contributed by atoms with E-state index in [0.717, 1.165) is 25.7 Å². The maximum atomic E-state index is 12.5. The van der Waals surface area contributed by atoms with Gasteiger partial charge in [0.2, 0.25) is 11.8 Å². The van der Waals surface area contributed by atoms with E-state index in [1.807, 2.05) is 20.8 Å². The molecule has 2 amide bonds. The summed E-state index contributed by atoms with van der Waals surface area (Å²) in [5, 5.41) is 6.40. The lowest BCUT2D eigenvalue weighted by Crippen LogP contribution is -2.44. The van der Waals surface area contributed by atoms with Crippen molar-refractivity contribution in [2.75, 3.05) is 18.4 Å². The Morgan fingerprint density at radius 1 is 1.26 bits per heavy atom. The summed E-state index contributed by atoms with van der Waals surface area (Å²) in [7, 11) is 0. The van der Waals surface area contributed by atoms with Gasteiger partial charge in [-0.15, -0.1) is 0 Å². The van der Waals surface area contributed by atoms with Crippen LogP contribution in [0.5, 0.6) is 0 Å². The van der Waals surface area contributed by atoms with Gasteiger partial charge in [0.05, 0.1) is 6.54 Å². The second kappa shape index (κ2) is 8.70. The summed E-state index contributed by atoms with van der Waals surface area (Å²) in [6.07, 6.45) is 4.25. The Morgan fingerprint density at radius 3 is 2.48 bits per heavy atom. The summed E-state index contributed by atoms with van der Waals surface area (Å²) in [4.78, 5) is 26.3. The molecule has 0 fully saturated rings. The van der Waals surface area contributed by atoms with Gasteiger partial charge in [0, 0.05) is 18.0 Å². The lowest BCUT2D eigenvalue weighted by molar-refractivity contribution is -0.141. The summed E-state index contributed by atoms with van der Waals surface area (Å²) in [5.74, 6) is 0.732. The van der Waals surface area contributed by atoms with E-state index in [1.54, 1.807) is 17.9 Å². The third-order valence-corrected chi connectivity index (χ3v) is 3.44. The zero-order valence-corrected chi connectivity index (χ0v) is 14.9. The molecule has 1 N–H and O–H groups in total. The van der Waals surface area contributed by atoms with Gasteiger partial charge in [0.25, 0.3) is 0 Å². The minimum Gasteiger partial charge on any atom is -0.360 e. The molecule has 130 valence electrons. The third-order valence-electron chi connectivity index (χ3n) is 3.44. The van der Waals surface area contributed by atoms with E-state index in [0.29, 0.717) is 18.1 Å². The van der Waals surface area contributed by atoms with Crippen LogP contribution in [0, 0.1) is 12.3 Å². The van der Waals surface area contributed by atoms with E-state index in [-0.39, 0.29) is 18.4 Å². The van der Waals surface area contributed by atoms with Gasteiger partial charge in [0.1, 0.15) is 5.76 Å². The molecule has 23 heavy (non-hydrogen) atoms. The van der Waals surface area contributed by atoms with Gasteiger partial charge in [-0.1, -0.05) is 52.1 Å². The van der Waals surface area contributed by atoms with Crippen LogP contribution in [0.2, 0.25) is 0 Å². The van der Waals surface area contributed by atoms with Gasteiger partial charge in [-0.25, -0.2) is 0 Å². The highest BCUT2D eigenvalue weighted by atomic mass is 16.5. The molecule has 1 rings (SSSR count). The molecule has 0 aliphatic rings. The molecule has 6 nitrogen and oxygen atoms in total. The molecule has 0 aliphatic carbocycles. The highest BCUT2D eigenvalue weighted by molar-refractivity contribution is 5.94. The normalized spacial score (nSPS) is 11.3. The van der Waals surface area contributed by atoms with E-state index in [9.17, 15) is 9.59 Å². The number of aryl methyl sites for hydroxylation is 1. The van der Waals surface area contributed by atoms with Crippen molar-refractivity contribution in [3.05, 3.63) is 11.8 Å². The van der Waals surface area contributed by atoms with Crippen LogP contribution in [0.1, 0.15) is 59.1 Å². The number of anilines is 1. The second-order valence-electron chi connectivity index (χ2n) is 6.91. The molecular formula is C17H29N3O3. The maximum absolute atomic E-state index is 12.5. The topological polar surface area (TPSA) is 75.4 Å². The van der Waals surface area contributed by atoms with E-state index in [1.165, 1.54) is 0 Å². The lowest BCUT2D eigenvalue weighted by atomic mass is 9.94. The maximum Gasteiger partial charge on any atom is 0.245 e. The Hall–Kier alpha value is -1.85. The number of amides is 2. The number of nitrogens with one attached hydrogen (secondary N) is 1. The summed E-state index contributed by atoms with van der Waals surface area (Å²) in [5.41, 5.74) is -0.504. The number of carbonyl (C=O) groups is 2. The molecule has 0 unspecified atom stereocenters. The minimum absolute atomic E-state index is 0.0134. The molecule has 0 bridgehead atoms. The van der Waals surface area contributed by atoms with Crippen LogP contribution in [0.3, 0.4) is 0 Å². The molecule has 0 spiro atoms. The fourth-order valence-corrected chi connectivity index (χ4v) is 2.24. The van der Waals surface area contributed by atoms with Crippen molar-refractivity contribution in [1.29, 1.82) is 0 Å². The van der Waals surface area contributed by atoms with Crippen molar-refractivity contribution in [3.8, 4) is 0 Å². The van der Waals surface area contributed by atoms with Crippen LogP contribution < -0.4 is 5.32 Å². The number of hydrogen-bond donors (Lipinski definition) is 1. The summed E-state index contributed by atoms with van der Waals surface area (Å²) >= 11 is 0. The fraction of sp³-hybridized carbons (Fsp3) is 0.706. The highest BCUT2D eigenvalue weighted by Crippen LogP contribution is 2.18. The molecule has 6 heteroatoms. The number of nitrogens with zero attached hydrogens (tertiary/aromatic N) is 2. The van der Waals surface area contributed by atoms with Crippen LogP contribution in [0.15, 0.2) is 10.6 Å². The van der Waals surface area contributed by atoms with Gasteiger partial charge >= 0.3 is 0 Å². The predicted molar refractivity (Wildman–Crippen MR) is 90.0 cm³/mol. The van der Waals surface area contributed by atoms with Gasteiger partial charge in [-0.3, -0.25) is 9.59 Å². The van der Waals surface area contributed by atoms with Crippen molar-refractivity contribution < 1.29 is 14.1 Å². The van der Waals surface area contributed by atoms with E-state index >= 15 is 0 Å². The first-order chi connectivity index (χ1) is 10.7. The number of rotatable bonds is 8. The molecule has 0 atom stereocenters. The van der Waals surface area contributed by atoms with Crippen molar-refractivity contribution in [2.45, 2.75) is 60.3 Å². The van der Waals surface area contributed by atoms with Gasteiger partial charge in [0.15, 0.2) is 5.82 Å². The molecule has 0 radical (unpaired) electrons. The van der Waals surface area contributed by atoms with Crippen LogP contribution in [0.4, 0.5) is 5.82 Å². The first-order valence-electron chi connectivity index (χ1n) is 8.26. The van der Waals surface area contributed by atoms with Crippen molar-refractivity contribution in [2.24, 2.45) is 5.41 Å². The SMILES string of the molecule is CCCCCCN(CC(=O)Nc1cc(C)on1)C(=O)C(C)(C)C. The summed E-state index contributed by atoms with van der Waals surface area (Å²) in [6, 6.07) is 1.65. The first-order valence-corrected chi connectivity index (χ1v) is 8.26. The zero-order chi connectivity index (χ0) is 17.5. The summed E-state index contributed by atoms with van der Waals surface area (Å²) < 4.78 is 4.92. The first kappa shape index (κ1) is 19.2.